The summed E-state index contributed by atoms with van der Waals surface area (Å²) in [5, 5.41) is 3.78. The number of carbonyl (C=O) groups excluding carboxylic acids is 1. The Morgan fingerprint density at radius 2 is 1.76 bits per heavy atom. The van der Waals surface area contributed by atoms with E-state index in [1.54, 1.807) is 24.3 Å². The van der Waals surface area contributed by atoms with Crippen molar-refractivity contribution >= 4 is 17.5 Å². The maximum atomic E-state index is 12.7. The van der Waals surface area contributed by atoms with E-state index in [9.17, 15) is 4.79 Å². The summed E-state index contributed by atoms with van der Waals surface area (Å²) in [4.78, 5) is 12.7. The number of aryl methyl sites for hydroxylation is 2. The van der Waals surface area contributed by atoms with E-state index >= 15 is 0 Å². The maximum Gasteiger partial charge on any atom is 0.261 e. The van der Waals surface area contributed by atoms with Gasteiger partial charge in [0.25, 0.3) is 5.91 Å². The largest absolute Gasteiger partial charge is 0.481 e. The monoisotopic (exact) mass is 359 g/mol. The first kappa shape index (κ1) is 19.3. The van der Waals surface area contributed by atoms with Gasteiger partial charge in [0, 0.05) is 5.02 Å². The third-order valence-corrected chi connectivity index (χ3v) is 4.53. The van der Waals surface area contributed by atoms with Crippen molar-refractivity contribution in [2.45, 2.75) is 52.7 Å². The molecule has 134 valence electrons. The van der Waals surface area contributed by atoms with E-state index in [2.05, 4.69) is 44.3 Å². The van der Waals surface area contributed by atoms with Crippen molar-refractivity contribution in [3.63, 3.8) is 0 Å². The lowest BCUT2D eigenvalue weighted by atomic mass is 9.97. The van der Waals surface area contributed by atoms with Gasteiger partial charge in [0.2, 0.25) is 0 Å². The summed E-state index contributed by atoms with van der Waals surface area (Å²) in [6, 6.07) is 13.4. The average Bonchev–Trinajstić information content (AvgIpc) is 2.59. The molecule has 2 aromatic rings. The highest BCUT2D eigenvalue weighted by Gasteiger charge is 2.22. The minimum Gasteiger partial charge on any atom is -0.481 e. The molecule has 0 radical (unpaired) electrons. The zero-order valence-electron chi connectivity index (χ0n) is 15.3. The Kier molecular flexibility index (Phi) is 6.89. The van der Waals surface area contributed by atoms with E-state index in [0.717, 1.165) is 12.0 Å². The van der Waals surface area contributed by atoms with Crippen molar-refractivity contribution < 1.29 is 9.53 Å². The highest BCUT2D eigenvalue weighted by atomic mass is 35.5. The molecule has 0 spiro atoms. The van der Waals surface area contributed by atoms with E-state index in [-0.39, 0.29) is 11.9 Å². The van der Waals surface area contributed by atoms with E-state index in [1.807, 2.05) is 6.92 Å². The minimum absolute atomic E-state index is 0.0176. The van der Waals surface area contributed by atoms with Gasteiger partial charge >= 0.3 is 0 Å². The lowest BCUT2D eigenvalue weighted by Crippen LogP contribution is -2.40. The van der Waals surface area contributed by atoms with Crippen LogP contribution in [0.25, 0.3) is 0 Å². The van der Waals surface area contributed by atoms with Crippen LogP contribution in [-0.2, 0) is 4.79 Å². The van der Waals surface area contributed by atoms with Gasteiger partial charge in [-0.15, -0.1) is 0 Å². The van der Waals surface area contributed by atoms with E-state index in [0.29, 0.717) is 17.2 Å². The molecule has 0 saturated carbocycles. The number of ether oxygens (including phenoxy) is 1. The van der Waals surface area contributed by atoms with E-state index in [4.69, 9.17) is 16.3 Å². The first-order valence-corrected chi connectivity index (χ1v) is 9.12. The normalized spacial score (nSPS) is 13.2. The lowest BCUT2D eigenvalue weighted by molar-refractivity contribution is -0.128. The van der Waals surface area contributed by atoms with Crippen molar-refractivity contribution in [3.05, 3.63) is 64.2 Å². The molecule has 0 unspecified atom stereocenters. The van der Waals surface area contributed by atoms with Crippen LogP contribution in [0.15, 0.2) is 42.5 Å². The fraction of sp³-hybridized carbons (Fsp3) is 0.381. The standard InChI is InChI=1S/C21H26ClNO2/c1-5-19(18-12-7-14(3)13-15(18)4)23-21(24)20(6-2)25-17-10-8-16(22)9-11-17/h7-13,19-20H,5-6H2,1-4H3,(H,23,24)/t19-,20+/m0/s1. The summed E-state index contributed by atoms with van der Waals surface area (Å²) in [6.07, 6.45) is 0.895. The first-order chi connectivity index (χ1) is 11.9. The molecule has 0 saturated heterocycles. The smallest absolute Gasteiger partial charge is 0.261 e. The molecule has 2 aromatic carbocycles. The summed E-state index contributed by atoms with van der Waals surface area (Å²) >= 11 is 5.89. The first-order valence-electron chi connectivity index (χ1n) is 8.74. The second kappa shape index (κ2) is 8.91. The number of carbonyl (C=O) groups is 1. The molecule has 25 heavy (non-hydrogen) atoms. The molecular weight excluding hydrogens is 334 g/mol. The molecule has 1 amide bonds. The topological polar surface area (TPSA) is 38.3 Å². The number of rotatable bonds is 7. The molecule has 0 aliphatic rings. The molecule has 1 N–H and O–H groups in total. The molecule has 0 aromatic heterocycles. The van der Waals surface area contributed by atoms with Crippen molar-refractivity contribution in [2.24, 2.45) is 0 Å². The average molecular weight is 360 g/mol. The summed E-state index contributed by atoms with van der Waals surface area (Å²) < 4.78 is 5.84. The quantitative estimate of drug-likeness (QED) is 0.720. The van der Waals surface area contributed by atoms with Gasteiger partial charge in [-0.1, -0.05) is 49.2 Å². The summed E-state index contributed by atoms with van der Waals surface area (Å²) in [5.74, 6) is 0.551. The Bertz CT molecular complexity index is 712. The molecule has 0 aliphatic carbocycles. The number of hydrogen-bond donors (Lipinski definition) is 1. The van der Waals surface area contributed by atoms with E-state index < -0.39 is 6.10 Å². The van der Waals surface area contributed by atoms with Gasteiger partial charge in [-0.25, -0.2) is 0 Å². The van der Waals surface area contributed by atoms with Crippen molar-refractivity contribution in [2.75, 3.05) is 0 Å². The van der Waals surface area contributed by atoms with Crippen molar-refractivity contribution in [1.29, 1.82) is 0 Å². The Morgan fingerprint density at radius 1 is 1.08 bits per heavy atom. The van der Waals surface area contributed by atoms with Crippen LogP contribution in [0, 0.1) is 13.8 Å². The minimum atomic E-state index is -0.527. The van der Waals surface area contributed by atoms with Crippen LogP contribution in [-0.4, -0.2) is 12.0 Å². The Balaban J connectivity index is 2.09. The third kappa shape index (κ3) is 5.23. The number of benzene rings is 2. The van der Waals surface area contributed by atoms with Gasteiger partial charge in [0.05, 0.1) is 6.04 Å². The highest BCUT2D eigenvalue weighted by Crippen LogP contribution is 2.23. The Labute approximate surface area is 155 Å². The summed E-state index contributed by atoms with van der Waals surface area (Å²) in [5.41, 5.74) is 3.57. The molecule has 3 nitrogen and oxygen atoms in total. The molecule has 2 atom stereocenters. The second-order valence-corrected chi connectivity index (χ2v) is 6.73. The van der Waals surface area contributed by atoms with Gasteiger partial charge in [-0.05, 0) is 62.1 Å². The number of nitrogens with one attached hydrogen (secondary N) is 1. The zero-order chi connectivity index (χ0) is 18.4. The SMILES string of the molecule is CC[C@H](NC(=O)[C@@H](CC)Oc1ccc(Cl)cc1)c1ccc(C)cc1C. The zero-order valence-corrected chi connectivity index (χ0v) is 16.1. The summed E-state index contributed by atoms with van der Waals surface area (Å²) in [6.45, 7) is 8.17. The van der Waals surface area contributed by atoms with Crippen molar-refractivity contribution in [3.8, 4) is 5.75 Å². The maximum absolute atomic E-state index is 12.7. The van der Waals surface area contributed by atoms with Crippen LogP contribution >= 0.6 is 11.6 Å². The van der Waals surface area contributed by atoms with Crippen LogP contribution in [0.1, 0.15) is 49.4 Å². The molecule has 0 aliphatic heterocycles. The van der Waals surface area contributed by atoms with Gasteiger partial charge in [0.15, 0.2) is 6.10 Å². The second-order valence-electron chi connectivity index (χ2n) is 6.30. The number of hydrogen-bond acceptors (Lipinski definition) is 2. The van der Waals surface area contributed by atoms with Crippen LogP contribution in [0.4, 0.5) is 0 Å². The fourth-order valence-electron chi connectivity index (χ4n) is 2.88. The Hall–Kier alpha value is -2.00. The molecular formula is C21H26ClNO2. The molecule has 4 heteroatoms. The summed E-state index contributed by atoms with van der Waals surface area (Å²) in [7, 11) is 0. The predicted octanol–water partition coefficient (Wildman–Crippen LogP) is 5.38. The molecule has 0 bridgehead atoms. The van der Waals surface area contributed by atoms with Gasteiger partial charge in [0.1, 0.15) is 5.75 Å². The van der Waals surface area contributed by atoms with Gasteiger partial charge in [-0.2, -0.15) is 0 Å². The highest BCUT2D eigenvalue weighted by molar-refractivity contribution is 6.30. The predicted molar refractivity (Wildman–Crippen MR) is 103 cm³/mol. The number of amides is 1. The van der Waals surface area contributed by atoms with E-state index in [1.165, 1.54) is 11.1 Å². The Morgan fingerprint density at radius 3 is 2.32 bits per heavy atom. The lowest BCUT2D eigenvalue weighted by Gasteiger charge is -2.23. The molecule has 0 heterocycles. The van der Waals surface area contributed by atoms with Gasteiger partial charge in [-0.3, -0.25) is 4.79 Å². The van der Waals surface area contributed by atoms with Crippen molar-refractivity contribution in [1.82, 2.24) is 5.32 Å². The molecule has 0 fully saturated rings. The third-order valence-electron chi connectivity index (χ3n) is 4.28. The van der Waals surface area contributed by atoms with Crippen LogP contribution in [0.2, 0.25) is 5.02 Å². The number of halogens is 1. The fourth-order valence-corrected chi connectivity index (χ4v) is 3.01. The van der Waals surface area contributed by atoms with Crippen LogP contribution in [0.3, 0.4) is 0 Å². The van der Waals surface area contributed by atoms with Gasteiger partial charge < -0.3 is 10.1 Å². The van der Waals surface area contributed by atoms with Crippen LogP contribution in [0.5, 0.6) is 5.75 Å². The molecule has 2 rings (SSSR count). The van der Waals surface area contributed by atoms with Crippen LogP contribution < -0.4 is 10.1 Å².